The number of carboxylic acids is 1. The van der Waals surface area contributed by atoms with Crippen LogP contribution in [0.4, 0.5) is 5.82 Å². The van der Waals surface area contributed by atoms with Gasteiger partial charge in [-0.1, -0.05) is 0 Å². The summed E-state index contributed by atoms with van der Waals surface area (Å²) in [5.41, 5.74) is -0.861. The number of nitrogens with one attached hydrogen (secondary N) is 1. The first-order chi connectivity index (χ1) is 8.18. The standard InChI is InChI=1S/C11H11N3O3/c12-6-8-2-1-4-13-9(8)14-11(10(15)16)3-5-17-7-11/h1-2,4H,3,5,7H2,(H,13,14)(H,15,16). The number of anilines is 1. The molecule has 1 aromatic heterocycles. The second-order valence-corrected chi connectivity index (χ2v) is 3.83. The first kappa shape index (κ1) is 11.4. The molecule has 1 aliphatic rings. The Morgan fingerprint density at radius 1 is 1.71 bits per heavy atom. The fourth-order valence-electron chi connectivity index (χ4n) is 1.71. The lowest BCUT2D eigenvalue weighted by Gasteiger charge is -2.24. The third kappa shape index (κ3) is 2.05. The van der Waals surface area contributed by atoms with Gasteiger partial charge in [0, 0.05) is 19.2 Å². The molecule has 6 nitrogen and oxygen atoms in total. The van der Waals surface area contributed by atoms with Crippen molar-refractivity contribution < 1.29 is 14.6 Å². The second-order valence-electron chi connectivity index (χ2n) is 3.83. The molecule has 1 atom stereocenters. The minimum absolute atomic E-state index is 0.0732. The molecule has 0 amide bonds. The number of pyridine rings is 1. The number of ether oxygens (including phenoxy) is 1. The lowest BCUT2D eigenvalue weighted by Crippen LogP contribution is -2.47. The zero-order chi connectivity index (χ0) is 12.3. The van der Waals surface area contributed by atoms with E-state index in [1.165, 1.54) is 6.20 Å². The molecule has 1 aromatic rings. The Labute approximate surface area is 97.8 Å². The summed E-state index contributed by atoms with van der Waals surface area (Å²) in [6, 6.07) is 5.18. The summed E-state index contributed by atoms with van der Waals surface area (Å²) in [6.07, 6.45) is 1.86. The zero-order valence-electron chi connectivity index (χ0n) is 9.01. The van der Waals surface area contributed by atoms with E-state index in [9.17, 15) is 9.90 Å². The molecule has 2 rings (SSSR count). The monoisotopic (exact) mass is 233 g/mol. The minimum Gasteiger partial charge on any atom is -0.479 e. The molecule has 2 heterocycles. The van der Waals surface area contributed by atoms with Crippen molar-refractivity contribution in [1.29, 1.82) is 5.26 Å². The molecule has 1 fully saturated rings. The third-order valence-electron chi connectivity index (χ3n) is 2.72. The van der Waals surface area contributed by atoms with Gasteiger partial charge in [0.05, 0.1) is 12.2 Å². The molecule has 0 aliphatic carbocycles. The number of rotatable bonds is 3. The van der Waals surface area contributed by atoms with Crippen LogP contribution in [0.2, 0.25) is 0 Å². The lowest BCUT2D eigenvalue weighted by molar-refractivity contribution is -0.142. The number of nitrogens with zero attached hydrogens (tertiary/aromatic N) is 2. The molecule has 88 valence electrons. The van der Waals surface area contributed by atoms with Crippen molar-refractivity contribution >= 4 is 11.8 Å². The van der Waals surface area contributed by atoms with E-state index in [1.54, 1.807) is 12.1 Å². The summed E-state index contributed by atoms with van der Waals surface area (Å²) in [7, 11) is 0. The number of hydrogen-bond acceptors (Lipinski definition) is 5. The summed E-state index contributed by atoms with van der Waals surface area (Å²) in [4.78, 5) is 15.3. The predicted molar refractivity (Wildman–Crippen MR) is 58.4 cm³/mol. The van der Waals surface area contributed by atoms with E-state index in [4.69, 9.17) is 10.00 Å². The highest BCUT2D eigenvalue weighted by Gasteiger charge is 2.43. The molecule has 17 heavy (non-hydrogen) atoms. The topological polar surface area (TPSA) is 95.2 Å². The van der Waals surface area contributed by atoms with Crippen molar-refractivity contribution in [2.24, 2.45) is 0 Å². The van der Waals surface area contributed by atoms with Crippen molar-refractivity contribution in [2.75, 3.05) is 18.5 Å². The van der Waals surface area contributed by atoms with Crippen LogP contribution >= 0.6 is 0 Å². The highest BCUT2D eigenvalue weighted by molar-refractivity contribution is 5.83. The SMILES string of the molecule is N#Cc1cccnc1NC1(C(=O)O)CCOC1. The number of aliphatic carboxylic acids is 1. The van der Waals surface area contributed by atoms with Crippen molar-refractivity contribution in [2.45, 2.75) is 12.0 Å². The molecule has 0 radical (unpaired) electrons. The van der Waals surface area contributed by atoms with Crippen LogP contribution in [0.1, 0.15) is 12.0 Å². The first-order valence-corrected chi connectivity index (χ1v) is 5.12. The van der Waals surface area contributed by atoms with E-state index in [1.807, 2.05) is 6.07 Å². The highest BCUT2D eigenvalue weighted by Crippen LogP contribution is 2.25. The van der Waals surface area contributed by atoms with Crippen molar-refractivity contribution in [3.63, 3.8) is 0 Å². The molecule has 2 N–H and O–H groups in total. The van der Waals surface area contributed by atoms with Gasteiger partial charge in [0.2, 0.25) is 0 Å². The molecular formula is C11H11N3O3. The van der Waals surface area contributed by atoms with Crippen molar-refractivity contribution in [1.82, 2.24) is 4.98 Å². The average molecular weight is 233 g/mol. The van der Waals surface area contributed by atoms with Gasteiger partial charge < -0.3 is 15.2 Å². The van der Waals surface area contributed by atoms with Gasteiger partial charge >= 0.3 is 5.97 Å². The van der Waals surface area contributed by atoms with Crippen molar-refractivity contribution in [3.8, 4) is 6.07 Å². The Morgan fingerprint density at radius 3 is 3.12 bits per heavy atom. The summed E-state index contributed by atoms with van der Waals surface area (Å²) in [5.74, 6) is -0.715. The quantitative estimate of drug-likeness (QED) is 0.794. The molecule has 1 saturated heterocycles. The number of carboxylic acid groups (broad SMARTS) is 1. The summed E-state index contributed by atoms with van der Waals surface area (Å²) < 4.78 is 5.11. The van der Waals surface area contributed by atoms with Gasteiger partial charge in [-0.2, -0.15) is 5.26 Å². The van der Waals surface area contributed by atoms with Crippen LogP contribution in [0, 0.1) is 11.3 Å². The largest absolute Gasteiger partial charge is 0.479 e. The Morgan fingerprint density at radius 2 is 2.53 bits per heavy atom. The van der Waals surface area contributed by atoms with Gasteiger partial charge in [0.25, 0.3) is 0 Å². The van der Waals surface area contributed by atoms with E-state index < -0.39 is 11.5 Å². The van der Waals surface area contributed by atoms with E-state index in [0.717, 1.165) is 0 Å². The van der Waals surface area contributed by atoms with E-state index >= 15 is 0 Å². The Bertz CT molecular complexity index is 475. The van der Waals surface area contributed by atoms with Gasteiger partial charge in [-0.3, -0.25) is 0 Å². The maximum Gasteiger partial charge on any atom is 0.331 e. The van der Waals surface area contributed by atoms with Crippen LogP contribution in [0.25, 0.3) is 0 Å². The smallest absolute Gasteiger partial charge is 0.331 e. The van der Waals surface area contributed by atoms with Gasteiger partial charge in [0.15, 0.2) is 5.54 Å². The Kier molecular flexibility index (Phi) is 2.93. The van der Waals surface area contributed by atoms with Crippen LogP contribution in [0.5, 0.6) is 0 Å². The minimum atomic E-state index is -1.18. The van der Waals surface area contributed by atoms with Crippen LogP contribution in [-0.2, 0) is 9.53 Å². The van der Waals surface area contributed by atoms with Gasteiger partial charge in [0.1, 0.15) is 11.9 Å². The van der Waals surface area contributed by atoms with E-state index in [-0.39, 0.29) is 12.4 Å². The molecule has 1 aliphatic heterocycles. The normalized spacial score (nSPS) is 23.0. The maximum atomic E-state index is 11.3. The van der Waals surface area contributed by atoms with Gasteiger partial charge in [-0.25, -0.2) is 9.78 Å². The molecule has 0 saturated carbocycles. The fraction of sp³-hybridized carbons (Fsp3) is 0.364. The second kappa shape index (κ2) is 4.39. The molecule has 0 aromatic carbocycles. The van der Waals surface area contributed by atoms with E-state index in [0.29, 0.717) is 18.6 Å². The van der Waals surface area contributed by atoms with E-state index in [2.05, 4.69) is 10.3 Å². The molecule has 0 bridgehead atoms. The fourth-order valence-corrected chi connectivity index (χ4v) is 1.71. The first-order valence-electron chi connectivity index (χ1n) is 5.12. The highest BCUT2D eigenvalue weighted by atomic mass is 16.5. The summed E-state index contributed by atoms with van der Waals surface area (Å²) in [5, 5.41) is 21.0. The molecule has 1 unspecified atom stereocenters. The summed E-state index contributed by atoms with van der Waals surface area (Å²) in [6.45, 7) is 0.456. The van der Waals surface area contributed by atoms with Gasteiger partial charge in [-0.15, -0.1) is 0 Å². The molecule has 0 spiro atoms. The van der Waals surface area contributed by atoms with Crippen molar-refractivity contribution in [3.05, 3.63) is 23.9 Å². The molecular weight excluding hydrogens is 222 g/mol. The van der Waals surface area contributed by atoms with Gasteiger partial charge in [-0.05, 0) is 12.1 Å². The molecule has 6 heteroatoms. The number of aromatic nitrogens is 1. The van der Waals surface area contributed by atoms with Crippen LogP contribution in [0.3, 0.4) is 0 Å². The lowest BCUT2D eigenvalue weighted by atomic mass is 9.99. The number of nitriles is 1. The predicted octanol–water partition coefficient (Wildman–Crippen LogP) is 0.609. The number of hydrogen-bond donors (Lipinski definition) is 2. The number of carbonyl (C=O) groups is 1. The summed E-state index contributed by atoms with van der Waals surface area (Å²) >= 11 is 0. The third-order valence-corrected chi connectivity index (χ3v) is 2.72. The average Bonchev–Trinajstić information content (AvgIpc) is 2.80. The zero-order valence-corrected chi connectivity index (χ0v) is 9.01. The van der Waals surface area contributed by atoms with Crippen LogP contribution in [-0.4, -0.2) is 34.8 Å². The Balaban J connectivity index is 2.30. The Hall–Kier alpha value is -2.13. The maximum absolute atomic E-state index is 11.3. The van der Waals surface area contributed by atoms with Crippen LogP contribution < -0.4 is 5.32 Å². The van der Waals surface area contributed by atoms with Crippen LogP contribution in [0.15, 0.2) is 18.3 Å².